The number of carbonyl (C=O) groups is 1. The van der Waals surface area contributed by atoms with Crippen LogP contribution in [-0.2, 0) is 0 Å². The van der Waals surface area contributed by atoms with Gasteiger partial charge in [-0.15, -0.1) is 0 Å². The summed E-state index contributed by atoms with van der Waals surface area (Å²) in [6.45, 7) is 2.65. The molecule has 1 fully saturated rings. The molecule has 16 heavy (non-hydrogen) atoms. The van der Waals surface area contributed by atoms with Gasteiger partial charge in [-0.3, -0.25) is 9.78 Å². The number of aryl methyl sites for hydroxylation is 1. The van der Waals surface area contributed by atoms with E-state index in [4.69, 9.17) is 0 Å². The van der Waals surface area contributed by atoms with E-state index in [1.54, 1.807) is 12.3 Å². The summed E-state index contributed by atoms with van der Waals surface area (Å²) in [5, 5.41) is 3.95. The van der Waals surface area contributed by atoms with Crippen molar-refractivity contribution in [3.63, 3.8) is 0 Å². The van der Waals surface area contributed by atoms with Crippen molar-refractivity contribution in [3.8, 4) is 0 Å². The fourth-order valence-corrected chi connectivity index (χ4v) is 2.35. The third-order valence-electron chi connectivity index (χ3n) is 3.02. The molecule has 0 saturated heterocycles. The summed E-state index contributed by atoms with van der Waals surface area (Å²) >= 11 is 3.49. The quantitative estimate of drug-likeness (QED) is 0.861. The molecule has 1 heterocycles. The van der Waals surface area contributed by atoms with Gasteiger partial charge in [-0.05, 0) is 37.3 Å². The number of rotatable bonds is 4. The number of aromatic nitrogens is 1. The third-order valence-corrected chi connectivity index (χ3v) is 4.21. The van der Waals surface area contributed by atoms with E-state index in [-0.39, 0.29) is 5.91 Å². The molecule has 1 N–H and O–H groups in total. The first-order chi connectivity index (χ1) is 7.65. The molecule has 0 bridgehead atoms. The molecule has 1 aliphatic rings. The average molecular weight is 283 g/mol. The minimum absolute atomic E-state index is 0.00211. The van der Waals surface area contributed by atoms with Crippen LogP contribution in [0.15, 0.2) is 18.3 Å². The van der Waals surface area contributed by atoms with Crippen LogP contribution in [0.3, 0.4) is 0 Å². The monoisotopic (exact) mass is 282 g/mol. The van der Waals surface area contributed by atoms with Crippen LogP contribution >= 0.6 is 15.9 Å². The van der Waals surface area contributed by atoms with Crippen molar-refractivity contribution in [1.29, 1.82) is 0 Å². The van der Waals surface area contributed by atoms with E-state index in [9.17, 15) is 4.79 Å². The van der Waals surface area contributed by atoms with Crippen LogP contribution in [0.1, 0.15) is 28.9 Å². The molecule has 0 atom stereocenters. The Hall–Kier alpha value is -0.900. The minimum Gasteiger partial charge on any atom is -0.351 e. The van der Waals surface area contributed by atoms with Crippen LogP contribution in [0, 0.1) is 12.3 Å². The molecule has 1 aromatic rings. The second kappa shape index (κ2) is 4.53. The highest BCUT2D eigenvalue weighted by atomic mass is 79.9. The van der Waals surface area contributed by atoms with Gasteiger partial charge in [0.1, 0.15) is 0 Å². The minimum atomic E-state index is -0.00211. The van der Waals surface area contributed by atoms with Gasteiger partial charge >= 0.3 is 0 Å². The Bertz CT molecular complexity index is 402. The topological polar surface area (TPSA) is 42.0 Å². The van der Waals surface area contributed by atoms with Crippen molar-refractivity contribution < 1.29 is 4.79 Å². The van der Waals surface area contributed by atoms with Crippen molar-refractivity contribution >= 4 is 21.8 Å². The van der Waals surface area contributed by atoms with Crippen molar-refractivity contribution in [3.05, 3.63) is 29.6 Å². The van der Waals surface area contributed by atoms with Gasteiger partial charge in [0.25, 0.3) is 5.91 Å². The highest BCUT2D eigenvalue weighted by Crippen LogP contribution is 2.46. The normalized spacial score (nSPS) is 16.9. The van der Waals surface area contributed by atoms with Gasteiger partial charge in [-0.25, -0.2) is 0 Å². The number of carbonyl (C=O) groups excluding carboxylic acids is 1. The molecule has 0 radical (unpaired) electrons. The van der Waals surface area contributed by atoms with Crippen LogP contribution in [0.4, 0.5) is 0 Å². The number of amides is 1. The zero-order valence-corrected chi connectivity index (χ0v) is 10.9. The SMILES string of the molecule is Cc1cc(C(=O)NCC2(CBr)CC2)ccn1. The standard InChI is InChI=1S/C12H15BrN2O/c1-9-6-10(2-5-14-9)11(16)15-8-12(7-13)3-4-12/h2,5-6H,3-4,7-8H2,1H3,(H,15,16). The van der Waals surface area contributed by atoms with E-state index in [0.717, 1.165) is 17.6 Å². The molecule has 4 heteroatoms. The Kier molecular flexibility index (Phi) is 3.28. The van der Waals surface area contributed by atoms with Gasteiger partial charge in [-0.1, -0.05) is 15.9 Å². The molecule has 0 aliphatic heterocycles. The molecule has 1 amide bonds. The fourth-order valence-electron chi connectivity index (χ4n) is 1.59. The Labute approximate surface area is 104 Å². The predicted octanol–water partition coefficient (Wildman–Crippen LogP) is 2.29. The number of hydrogen-bond donors (Lipinski definition) is 1. The fraction of sp³-hybridized carbons (Fsp3) is 0.500. The highest BCUT2D eigenvalue weighted by Gasteiger charge is 2.41. The summed E-state index contributed by atoms with van der Waals surface area (Å²) in [6.07, 6.45) is 4.07. The maximum Gasteiger partial charge on any atom is 0.251 e. The number of nitrogens with one attached hydrogen (secondary N) is 1. The van der Waals surface area contributed by atoms with E-state index in [2.05, 4.69) is 26.2 Å². The van der Waals surface area contributed by atoms with E-state index < -0.39 is 0 Å². The summed E-state index contributed by atoms with van der Waals surface area (Å²) in [4.78, 5) is 15.9. The maximum atomic E-state index is 11.8. The lowest BCUT2D eigenvalue weighted by molar-refractivity contribution is 0.0946. The van der Waals surface area contributed by atoms with E-state index in [0.29, 0.717) is 11.0 Å². The van der Waals surface area contributed by atoms with Crippen LogP contribution in [0.2, 0.25) is 0 Å². The zero-order valence-electron chi connectivity index (χ0n) is 9.29. The first kappa shape index (κ1) is 11.6. The van der Waals surface area contributed by atoms with Crippen molar-refractivity contribution in [2.24, 2.45) is 5.41 Å². The van der Waals surface area contributed by atoms with Gasteiger partial charge in [0, 0.05) is 29.3 Å². The van der Waals surface area contributed by atoms with Gasteiger partial charge in [-0.2, -0.15) is 0 Å². The number of pyridine rings is 1. The molecule has 0 unspecified atom stereocenters. The molecule has 86 valence electrons. The van der Waals surface area contributed by atoms with E-state index in [1.165, 1.54) is 12.8 Å². The Morgan fingerprint density at radius 2 is 2.38 bits per heavy atom. The lowest BCUT2D eigenvalue weighted by Gasteiger charge is -2.12. The van der Waals surface area contributed by atoms with Crippen LogP contribution < -0.4 is 5.32 Å². The third kappa shape index (κ3) is 2.61. The summed E-state index contributed by atoms with van der Waals surface area (Å²) in [6, 6.07) is 3.55. The van der Waals surface area contributed by atoms with Crippen molar-refractivity contribution in [2.75, 3.05) is 11.9 Å². The first-order valence-corrected chi connectivity index (χ1v) is 6.54. The lowest BCUT2D eigenvalue weighted by atomic mass is 10.1. The largest absolute Gasteiger partial charge is 0.351 e. The molecule has 1 saturated carbocycles. The average Bonchev–Trinajstić information content (AvgIpc) is 3.07. The van der Waals surface area contributed by atoms with Gasteiger partial charge in [0.15, 0.2) is 0 Å². The number of hydrogen-bond acceptors (Lipinski definition) is 2. The van der Waals surface area contributed by atoms with Gasteiger partial charge in [0.2, 0.25) is 0 Å². The van der Waals surface area contributed by atoms with Crippen LogP contribution in [0.5, 0.6) is 0 Å². The van der Waals surface area contributed by atoms with Gasteiger partial charge < -0.3 is 5.32 Å². The van der Waals surface area contributed by atoms with Crippen LogP contribution in [-0.4, -0.2) is 22.8 Å². The summed E-state index contributed by atoms with van der Waals surface area (Å²) < 4.78 is 0. The van der Waals surface area contributed by atoms with E-state index >= 15 is 0 Å². The Morgan fingerprint density at radius 3 is 2.94 bits per heavy atom. The molecule has 0 spiro atoms. The summed E-state index contributed by atoms with van der Waals surface area (Å²) in [7, 11) is 0. The molecule has 1 aromatic heterocycles. The molecule has 0 aromatic carbocycles. The zero-order chi connectivity index (χ0) is 11.6. The van der Waals surface area contributed by atoms with Crippen molar-refractivity contribution in [1.82, 2.24) is 10.3 Å². The molecule has 2 rings (SSSR count). The molecular formula is C12H15BrN2O. The Balaban J connectivity index is 1.93. The Morgan fingerprint density at radius 1 is 1.62 bits per heavy atom. The summed E-state index contributed by atoms with van der Waals surface area (Å²) in [5.41, 5.74) is 1.88. The highest BCUT2D eigenvalue weighted by molar-refractivity contribution is 9.09. The van der Waals surface area contributed by atoms with Gasteiger partial charge in [0.05, 0.1) is 0 Å². The first-order valence-electron chi connectivity index (χ1n) is 5.42. The second-order valence-electron chi connectivity index (χ2n) is 4.50. The summed E-state index contributed by atoms with van der Waals surface area (Å²) in [5.74, 6) is -0.00211. The second-order valence-corrected chi connectivity index (χ2v) is 5.06. The maximum absolute atomic E-state index is 11.8. The molecule has 1 aliphatic carbocycles. The van der Waals surface area contributed by atoms with E-state index in [1.807, 2.05) is 13.0 Å². The number of nitrogens with zero attached hydrogens (tertiary/aromatic N) is 1. The molecule has 3 nitrogen and oxygen atoms in total. The van der Waals surface area contributed by atoms with Crippen LogP contribution in [0.25, 0.3) is 0 Å². The molecular weight excluding hydrogens is 268 g/mol. The number of alkyl halides is 1. The van der Waals surface area contributed by atoms with Crippen molar-refractivity contribution in [2.45, 2.75) is 19.8 Å². The smallest absolute Gasteiger partial charge is 0.251 e. The predicted molar refractivity (Wildman–Crippen MR) is 66.8 cm³/mol. The number of halogens is 1. The lowest BCUT2D eigenvalue weighted by Crippen LogP contribution is -2.30.